The maximum Gasteiger partial charge on any atom is 0.204 e. The van der Waals surface area contributed by atoms with E-state index in [-0.39, 0.29) is 11.9 Å². The molecule has 0 saturated carbocycles. The Morgan fingerprint density at radius 1 is 0.964 bits per heavy atom. The highest BCUT2D eigenvalue weighted by Crippen LogP contribution is 2.14. The van der Waals surface area contributed by atoms with Gasteiger partial charge in [0.15, 0.2) is 12.4 Å². The van der Waals surface area contributed by atoms with Crippen molar-refractivity contribution in [1.29, 1.82) is 21.3 Å². The zero-order chi connectivity index (χ0) is 20.8. The van der Waals surface area contributed by atoms with Gasteiger partial charge < -0.3 is 10.6 Å². The second kappa shape index (κ2) is 13.5. The van der Waals surface area contributed by atoms with E-state index in [4.69, 9.17) is 21.3 Å². The van der Waals surface area contributed by atoms with Gasteiger partial charge in [-0.3, -0.25) is 10.8 Å². The fraction of sp³-hybridized carbons (Fsp3) is 0.500. The molecule has 0 aliphatic rings. The molecule has 0 amide bonds. The monoisotopic (exact) mass is 420 g/mol. The van der Waals surface area contributed by atoms with Crippen LogP contribution in [0.1, 0.15) is 11.4 Å². The average Bonchev–Trinajstić information content (AvgIpc) is 2.73. The molecule has 0 saturated heterocycles. The van der Waals surface area contributed by atoms with Gasteiger partial charge in [0.25, 0.3) is 0 Å². The Morgan fingerprint density at radius 3 is 1.75 bits per heavy atom. The molecule has 4 N–H and O–H groups in total. The number of hydrogen-bond donors (Lipinski definition) is 4. The van der Waals surface area contributed by atoms with Gasteiger partial charge in [-0.2, -0.15) is 34.0 Å². The highest BCUT2D eigenvalue weighted by atomic mass is 32.2. The molecule has 12 heteroatoms. The smallest absolute Gasteiger partial charge is 0.204 e. The Labute approximate surface area is 173 Å². The minimum absolute atomic E-state index is 0.0873. The number of nitriles is 2. The van der Waals surface area contributed by atoms with Crippen molar-refractivity contribution in [2.24, 2.45) is 0 Å². The second-order valence-corrected chi connectivity index (χ2v) is 7.52. The van der Waals surface area contributed by atoms with Gasteiger partial charge in [0.2, 0.25) is 11.9 Å². The summed E-state index contributed by atoms with van der Waals surface area (Å²) in [5.41, 5.74) is 1.83. The van der Waals surface area contributed by atoms with Crippen LogP contribution in [0.5, 0.6) is 0 Å². The minimum Gasteiger partial charge on any atom is -0.359 e. The van der Waals surface area contributed by atoms with Crippen molar-refractivity contribution in [3.05, 3.63) is 23.8 Å². The first-order chi connectivity index (χ1) is 13.5. The standard InChI is InChI=1S/C16H24N10S2/c1-21-15(19)25(10-17)3-5-27-8-13-7-14(24-12-23-13)9-28-6-4-26(11-18)16(20)22-2/h7,12H,3-6,8-9H2,1-2H3,(H2,19,21)(H2,20,22). The van der Waals surface area contributed by atoms with Crippen LogP contribution in [0.2, 0.25) is 0 Å². The van der Waals surface area contributed by atoms with Crippen LogP contribution in [0, 0.1) is 33.7 Å². The Bertz CT molecular complexity index is 670. The number of thioether (sulfide) groups is 2. The molecular weight excluding hydrogens is 396 g/mol. The van der Waals surface area contributed by atoms with Crippen LogP contribution in [0.25, 0.3) is 0 Å². The van der Waals surface area contributed by atoms with Gasteiger partial charge in [-0.1, -0.05) is 0 Å². The van der Waals surface area contributed by atoms with Crippen LogP contribution in [0.15, 0.2) is 12.4 Å². The maximum atomic E-state index is 9.00. The van der Waals surface area contributed by atoms with Crippen molar-refractivity contribution in [3.8, 4) is 12.4 Å². The molecule has 0 radical (unpaired) electrons. The summed E-state index contributed by atoms with van der Waals surface area (Å²) in [6.45, 7) is 0.928. The zero-order valence-corrected chi connectivity index (χ0v) is 17.5. The summed E-state index contributed by atoms with van der Waals surface area (Å²) in [5, 5.41) is 38.5. The lowest BCUT2D eigenvalue weighted by molar-refractivity contribution is 0.587. The number of hydrogen-bond acceptors (Lipinski definition) is 8. The number of nitrogens with zero attached hydrogens (tertiary/aromatic N) is 6. The Kier molecular flexibility index (Phi) is 11.2. The first-order valence-corrected chi connectivity index (χ1v) is 10.7. The Balaban J connectivity index is 2.36. The van der Waals surface area contributed by atoms with Crippen molar-refractivity contribution >= 4 is 35.4 Å². The molecule has 0 spiro atoms. The first-order valence-electron chi connectivity index (χ1n) is 8.38. The van der Waals surface area contributed by atoms with Crippen LogP contribution in [0.4, 0.5) is 0 Å². The van der Waals surface area contributed by atoms with E-state index >= 15 is 0 Å². The van der Waals surface area contributed by atoms with E-state index < -0.39 is 0 Å². The van der Waals surface area contributed by atoms with Crippen LogP contribution in [-0.2, 0) is 11.5 Å². The number of nitrogens with one attached hydrogen (secondary N) is 4. The van der Waals surface area contributed by atoms with Gasteiger partial charge in [-0.05, 0) is 6.07 Å². The maximum absolute atomic E-state index is 9.00. The van der Waals surface area contributed by atoms with Crippen molar-refractivity contribution < 1.29 is 0 Å². The summed E-state index contributed by atoms with van der Waals surface area (Å²) in [6, 6.07) is 1.95. The lowest BCUT2D eigenvalue weighted by atomic mass is 10.4. The molecule has 0 fully saturated rings. The summed E-state index contributed by atoms with van der Waals surface area (Å²) >= 11 is 3.28. The highest BCUT2D eigenvalue weighted by Gasteiger charge is 2.08. The van der Waals surface area contributed by atoms with E-state index in [1.165, 1.54) is 9.80 Å². The molecule has 0 aliphatic carbocycles. The summed E-state index contributed by atoms with van der Waals surface area (Å²) in [5.74, 6) is 2.98. The molecule has 1 aromatic rings. The van der Waals surface area contributed by atoms with Crippen molar-refractivity contribution in [3.63, 3.8) is 0 Å². The fourth-order valence-electron chi connectivity index (χ4n) is 1.96. The van der Waals surface area contributed by atoms with Crippen molar-refractivity contribution in [2.75, 3.05) is 38.7 Å². The molecule has 1 rings (SSSR count). The zero-order valence-electron chi connectivity index (χ0n) is 15.9. The number of aromatic nitrogens is 2. The SMILES string of the molecule is CNC(=N)N(C#N)CCSCc1cc(CSCCN(C#N)C(=N)NC)ncn1. The van der Waals surface area contributed by atoms with Crippen LogP contribution in [0.3, 0.4) is 0 Å². The van der Waals surface area contributed by atoms with Crippen LogP contribution in [-0.4, -0.2) is 70.4 Å². The molecular formula is C16H24N10S2. The van der Waals surface area contributed by atoms with Crippen molar-refractivity contribution in [2.45, 2.75) is 11.5 Å². The van der Waals surface area contributed by atoms with E-state index in [9.17, 15) is 0 Å². The molecule has 0 unspecified atom stereocenters. The predicted molar refractivity (Wildman–Crippen MR) is 113 cm³/mol. The van der Waals surface area contributed by atoms with E-state index in [1.807, 2.05) is 18.5 Å². The summed E-state index contributed by atoms with van der Waals surface area (Å²) in [4.78, 5) is 11.1. The molecule has 1 aromatic heterocycles. The van der Waals surface area contributed by atoms with Crippen LogP contribution >= 0.6 is 23.5 Å². The van der Waals surface area contributed by atoms with Gasteiger partial charge in [-0.25, -0.2) is 19.8 Å². The quantitative estimate of drug-likeness (QED) is 0.141. The lowest BCUT2D eigenvalue weighted by Crippen LogP contribution is -2.36. The molecule has 0 aromatic carbocycles. The number of rotatable bonds is 10. The van der Waals surface area contributed by atoms with E-state index in [1.54, 1.807) is 43.9 Å². The molecule has 0 aliphatic heterocycles. The van der Waals surface area contributed by atoms with Crippen molar-refractivity contribution in [1.82, 2.24) is 30.4 Å². The fourth-order valence-corrected chi connectivity index (χ4v) is 3.61. The Hall–Kier alpha value is -2.70. The molecule has 10 nitrogen and oxygen atoms in total. The van der Waals surface area contributed by atoms with Gasteiger partial charge in [0.1, 0.15) is 6.33 Å². The van der Waals surface area contributed by atoms with E-state index in [0.29, 0.717) is 36.1 Å². The van der Waals surface area contributed by atoms with Gasteiger partial charge in [-0.15, -0.1) is 0 Å². The summed E-state index contributed by atoms with van der Waals surface area (Å²) in [6.07, 6.45) is 5.50. The summed E-state index contributed by atoms with van der Waals surface area (Å²) in [7, 11) is 3.23. The van der Waals surface area contributed by atoms with Crippen LogP contribution < -0.4 is 10.6 Å². The molecule has 0 bridgehead atoms. The third-order valence-corrected chi connectivity index (χ3v) is 5.40. The van der Waals surface area contributed by atoms with E-state index in [2.05, 4.69) is 20.6 Å². The van der Waals surface area contributed by atoms with E-state index in [0.717, 1.165) is 11.4 Å². The Morgan fingerprint density at radius 2 is 1.39 bits per heavy atom. The minimum atomic E-state index is 0.0873. The average molecular weight is 421 g/mol. The molecule has 28 heavy (non-hydrogen) atoms. The molecule has 0 atom stereocenters. The third-order valence-electron chi connectivity index (χ3n) is 3.45. The normalized spacial score (nSPS) is 9.71. The summed E-state index contributed by atoms with van der Waals surface area (Å²) < 4.78 is 0. The topological polar surface area (TPSA) is 152 Å². The highest BCUT2D eigenvalue weighted by molar-refractivity contribution is 7.98. The van der Waals surface area contributed by atoms with Gasteiger partial charge in [0.05, 0.1) is 11.4 Å². The van der Waals surface area contributed by atoms with Gasteiger partial charge >= 0.3 is 0 Å². The first kappa shape index (κ1) is 23.3. The second-order valence-electron chi connectivity index (χ2n) is 5.31. The largest absolute Gasteiger partial charge is 0.359 e. The van der Waals surface area contributed by atoms with Gasteiger partial charge in [0, 0.05) is 50.2 Å². The lowest BCUT2D eigenvalue weighted by Gasteiger charge is -2.15. The molecule has 1 heterocycles. The predicted octanol–water partition coefficient (Wildman–Crippen LogP) is 0.818. The number of guanidine groups is 2. The molecule has 150 valence electrons. The third kappa shape index (κ3) is 8.33.